The van der Waals surface area contributed by atoms with Crippen molar-refractivity contribution in [3.63, 3.8) is 0 Å². The summed E-state index contributed by atoms with van der Waals surface area (Å²) < 4.78 is 0. The van der Waals surface area contributed by atoms with Gasteiger partial charge < -0.3 is 5.11 Å². The SMILES string of the molecule is OC(C1=CCCC1)c1cc(Cl)cc(Cl)c1. The first-order valence-electron chi connectivity index (χ1n) is 5.00. The fourth-order valence-electron chi connectivity index (χ4n) is 1.89. The fraction of sp³-hybridized carbons (Fsp3) is 0.333. The summed E-state index contributed by atoms with van der Waals surface area (Å²) in [6, 6.07) is 5.19. The smallest absolute Gasteiger partial charge is 0.100 e. The molecule has 1 nitrogen and oxygen atoms in total. The number of halogens is 2. The molecular weight excluding hydrogens is 231 g/mol. The predicted octanol–water partition coefficient (Wildman–Crippen LogP) is 4.14. The average Bonchev–Trinajstić information content (AvgIpc) is 2.67. The minimum absolute atomic E-state index is 0.552. The van der Waals surface area contributed by atoms with E-state index in [4.69, 9.17) is 23.2 Å². The standard InChI is InChI=1S/C12H12Cl2O/c13-10-5-9(6-11(14)7-10)12(15)8-3-1-2-4-8/h3,5-7,12,15H,1-2,4H2. The van der Waals surface area contributed by atoms with Crippen LogP contribution in [0, 0.1) is 0 Å². The predicted molar refractivity (Wildman–Crippen MR) is 63.4 cm³/mol. The van der Waals surface area contributed by atoms with Crippen LogP contribution < -0.4 is 0 Å². The third-order valence-electron chi connectivity index (χ3n) is 2.63. The van der Waals surface area contributed by atoms with E-state index in [1.54, 1.807) is 18.2 Å². The van der Waals surface area contributed by atoms with Crippen LogP contribution in [-0.4, -0.2) is 5.11 Å². The number of allylic oxidation sites excluding steroid dienone is 1. The van der Waals surface area contributed by atoms with Gasteiger partial charge in [-0.05, 0) is 48.6 Å². The number of benzene rings is 1. The molecule has 80 valence electrons. The molecule has 1 unspecified atom stereocenters. The Morgan fingerprint density at radius 2 is 1.80 bits per heavy atom. The highest BCUT2D eigenvalue weighted by molar-refractivity contribution is 6.34. The first-order chi connectivity index (χ1) is 7.16. The molecule has 0 bridgehead atoms. The molecule has 2 rings (SSSR count). The van der Waals surface area contributed by atoms with Crippen molar-refractivity contribution < 1.29 is 5.11 Å². The van der Waals surface area contributed by atoms with Crippen molar-refractivity contribution in [2.75, 3.05) is 0 Å². The first kappa shape index (κ1) is 11.0. The summed E-state index contributed by atoms with van der Waals surface area (Å²) in [5.74, 6) is 0. The van der Waals surface area contributed by atoms with Crippen molar-refractivity contribution in [3.8, 4) is 0 Å². The molecule has 0 fully saturated rings. The molecule has 0 amide bonds. The number of aliphatic hydroxyl groups is 1. The minimum Gasteiger partial charge on any atom is -0.384 e. The van der Waals surface area contributed by atoms with Gasteiger partial charge in [0.1, 0.15) is 6.10 Å². The van der Waals surface area contributed by atoms with Gasteiger partial charge in [0.2, 0.25) is 0 Å². The molecule has 0 saturated heterocycles. The van der Waals surface area contributed by atoms with E-state index in [-0.39, 0.29) is 0 Å². The van der Waals surface area contributed by atoms with E-state index in [0.29, 0.717) is 10.0 Å². The van der Waals surface area contributed by atoms with Crippen LogP contribution in [0.3, 0.4) is 0 Å². The molecule has 1 aliphatic carbocycles. The topological polar surface area (TPSA) is 20.2 Å². The lowest BCUT2D eigenvalue weighted by Gasteiger charge is -2.13. The van der Waals surface area contributed by atoms with Gasteiger partial charge in [0, 0.05) is 10.0 Å². The molecule has 1 aromatic carbocycles. The van der Waals surface area contributed by atoms with E-state index < -0.39 is 6.10 Å². The van der Waals surface area contributed by atoms with Gasteiger partial charge in [-0.1, -0.05) is 29.3 Å². The van der Waals surface area contributed by atoms with E-state index >= 15 is 0 Å². The maximum absolute atomic E-state index is 10.1. The van der Waals surface area contributed by atoms with Gasteiger partial charge in [0.15, 0.2) is 0 Å². The quantitative estimate of drug-likeness (QED) is 0.774. The monoisotopic (exact) mass is 242 g/mol. The lowest BCUT2D eigenvalue weighted by atomic mass is 10.0. The van der Waals surface area contributed by atoms with Crippen LogP contribution >= 0.6 is 23.2 Å². The van der Waals surface area contributed by atoms with Crippen LogP contribution in [0.2, 0.25) is 10.0 Å². The highest BCUT2D eigenvalue weighted by atomic mass is 35.5. The Balaban J connectivity index is 2.28. The number of rotatable bonds is 2. The van der Waals surface area contributed by atoms with Gasteiger partial charge in [0.25, 0.3) is 0 Å². The van der Waals surface area contributed by atoms with Crippen molar-refractivity contribution in [3.05, 3.63) is 45.5 Å². The molecule has 0 radical (unpaired) electrons. The molecule has 1 aliphatic rings. The third-order valence-corrected chi connectivity index (χ3v) is 3.06. The highest BCUT2D eigenvalue weighted by Crippen LogP contribution is 2.32. The Morgan fingerprint density at radius 3 is 2.33 bits per heavy atom. The first-order valence-corrected chi connectivity index (χ1v) is 5.75. The summed E-state index contributed by atoms with van der Waals surface area (Å²) in [7, 11) is 0. The minimum atomic E-state index is -0.552. The second-order valence-electron chi connectivity index (χ2n) is 3.78. The Hall–Kier alpha value is -0.500. The summed E-state index contributed by atoms with van der Waals surface area (Å²) in [6.07, 6.45) is 4.69. The highest BCUT2D eigenvalue weighted by Gasteiger charge is 2.16. The third kappa shape index (κ3) is 2.54. The Labute approximate surface area is 99.3 Å². The molecule has 0 aromatic heterocycles. The van der Waals surface area contributed by atoms with Crippen molar-refractivity contribution in [2.45, 2.75) is 25.4 Å². The zero-order chi connectivity index (χ0) is 10.8. The van der Waals surface area contributed by atoms with Gasteiger partial charge in [-0.3, -0.25) is 0 Å². The van der Waals surface area contributed by atoms with Crippen molar-refractivity contribution in [1.82, 2.24) is 0 Å². The van der Waals surface area contributed by atoms with Gasteiger partial charge in [0.05, 0.1) is 0 Å². The van der Waals surface area contributed by atoms with Gasteiger partial charge in [-0.25, -0.2) is 0 Å². The normalized spacial score (nSPS) is 17.7. The molecular formula is C12H12Cl2O. The summed E-state index contributed by atoms with van der Waals surface area (Å²) in [4.78, 5) is 0. The van der Waals surface area contributed by atoms with Crippen LogP contribution in [0.15, 0.2) is 29.8 Å². The molecule has 0 spiro atoms. The van der Waals surface area contributed by atoms with Gasteiger partial charge in [-0.2, -0.15) is 0 Å². The van der Waals surface area contributed by atoms with Crippen LogP contribution in [-0.2, 0) is 0 Å². The summed E-state index contributed by atoms with van der Waals surface area (Å²) in [5.41, 5.74) is 1.86. The second kappa shape index (κ2) is 4.56. The average molecular weight is 243 g/mol. The molecule has 1 N–H and O–H groups in total. The van der Waals surface area contributed by atoms with E-state index in [1.807, 2.05) is 0 Å². The Bertz CT molecular complexity index is 378. The second-order valence-corrected chi connectivity index (χ2v) is 4.65. The van der Waals surface area contributed by atoms with Crippen LogP contribution in [0.1, 0.15) is 30.9 Å². The van der Waals surface area contributed by atoms with E-state index in [0.717, 1.165) is 30.4 Å². The molecule has 0 saturated carbocycles. The van der Waals surface area contributed by atoms with E-state index in [9.17, 15) is 5.11 Å². The van der Waals surface area contributed by atoms with Crippen molar-refractivity contribution >= 4 is 23.2 Å². The van der Waals surface area contributed by atoms with Crippen molar-refractivity contribution in [1.29, 1.82) is 0 Å². The molecule has 0 heterocycles. The lowest BCUT2D eigenvalue weighted by Crippen LogP contribution is -1.99. The Morgan fingerprint density at radius 1 is 1.13 bits per heavy atom. The summed E-state index contributed by atoms with van der Waals surface area (Å²) in [6.45, 7) is 0. The number of hydrogen-bond acceptors (Lipinski definition) is 1. The number of hydrogen-bond donors (Lipinski definition) is 1. The van der Waals surface area contributed by atoms with Crippen molar-refractivity contribution in [2.24, 2.45) is 0 Å². The maximum Gasteiger partial charge on any atom is 0.100 e. The zero-order valence-electron chi connectivity index (χ0n) is 8.21. The van der Waals surface area contributed by atoms with Crippen LogP contribution in [0.25, 0.3) is 0 Å². The van der Waals surface area contributed by atoms with E-state index in [1.165, 1.54) is 0 Å². The summed E-state index contributed by atoms with van der Waals surface area (Å²) >= 11 is 11.8. The maximum atomic E-state index is 10.1. The molecule has 15 heavy (non-hydrogen) atoms. The number of aliphatic hydroxyl groups excluding tert-OH is 1. The molecule has 1 aromatic rings. The fourth-order valence-corrected chi connectivity index (χ4v) is 2.43. The van der Waals surface area contributed by atoms with Crippen LogP contribution in [0.4, 0.5) is 0 Å². The van der Waals surface area contributed by atoms with E-state index in [2.05, 4.69) is 6.08 Å². The van der Waals surface area contributed by atoms with Gasteiger partial charge >= 0.3 is 0 Å². The molecule has 3 heteroatoms. The lowest BCUT2D eigenvalue weighted by molar-refractivity contribution is 0.212. The molecule has 0 aliphatic heterocycles. The molecule has 1 atom stereocenters. The largest absolute Gasteiger partial charge is 0.384 e. The van der Waals surface area contributed by atoms with Crippen LogP contribution in [0.5, 0.6) is 0 Å². The van der Waals surface area contributed by atoms with Gasteiger partial charge in [-0.15, -0.1) is 0 Å². The summed E-state index contributed by atoms with van der Waals surface area (Å²) in [5, 5.41) is 11.2. The zero-order valence-corrected chi connectivity index (χ0v) is 9.72. The Kier molecular flexibility index (Phi) is 3.35.